The van der Waals surface area contributed by atoms with Gasteiger partial charge in [-0.2, -0.15) is 0 Å². The highest BCUT2D eigenvalue weighted by Crippen LogP contribution is 2.29. The molecule has 1 aliphatic rings. The van der Waals surface area contributed by atoms with Crippen molar-refractivity contribution in [1.82, 2.24) is 15.1 Å². The van der Waals surface area contributed by atoms with Gasteiger partial charge in [-0.1, -0.05) is 0 Å². The van der Waals surface area contributed by atoms with Crippen LogP contribution in [0.25, 0.3) is 0 Å². The van der Waals surface area contributed by atoms with Crippen molar-refractivity contribution in [1.29, 1.82) is 0 Å². The number of carbonyl (C=O) groups is 1. The van der Waals surface area contributed by atoms with Crippen molar-refractivity contribution in [3.8, 4) is 5.75 Å². The Morgan fingerprint density at radius 3 is 2.73 bits per heavy atom. The van der Waals surface area contributed by atoms with E-state index in [1.165, 1.54) is 0 Å². The van der Waals surface area contributed by atoms with Gasteiger partial charge in [-0.3, -0.25) is 4.79 Å². The number of aromatic nitrogens is 2. The van der Waals surface area contributed by atoms with Crippen LogP contribution in [-0.4, -0.2) is 41.2 Å². The van der Waals surface area contributed by atoms with Crippen LogP contribution in [0.2, 0.25) is 0 Å². The lowest BCUT2D eigenvalue weighted by atomic mass is 9.98. The molecule has 1 aliphatic heterocycles. The lowest BCUT2D eigenvalue weighted by Gasteiger charge is -2.31. The summed E-state index contributed by atoms with van der Waals surface area (Å²) in [6.07, 6.45) is 2.08. The average Bonchev–Trinajstić information content (AvgIpc) is 3.01. The molecule has 3 rings (SSSR count). The lowest BCUT2D eigenvalue weighted by Crippen LogP contribution is -2.39. The first kappa shape index (κ1) is 15.0. The molecule has 0 spiro atoms. The Morgan fingerprint density at radius 2 is 2.09 bits per heavy atom. The highest BCUT2D eigenvalue weighted by atomic mass is 32.1. The average molecular weight is 317 g/mol. The molecule has 2 aromatic rings. The zero-order valence-electron chi connectivity index (χ0n) is 12.8. The molecule has 0 N–H and O–H groups in total. The van der Waals surface area contributed by atoms with Gasteiger partial charge in [0, 0.05) is 24.6 Å². The smallest absolute Gasteiger partial charge is 0.253 e. The number of piperidine rings is 1. The van der Waals surface area contributed by atoms with Crippen molar-refractivity contribution in [3.63, 3.8) is 0 Å². The third-order valence-electron chi connectivity index (χ3n) is 3.94. The maximum Gasteiger partial charge on any atom is 0.253 e. The SMILES string of the molecule is COc1ccc(C(=O)N2CCC[C@@H](c3nnc(C)s3)C2)cc1. The molecule has 0 unspecified atom stereocenters. The van der Waals surface area contributed by atoms with Gasteiger partial charge in [0.25, 0.3) is 5.91 Å². The van der Waals surface area contributed by atoms with Gasteiger partial charge >= 0.3 is 0 Å². The van der Waals surface area contributed by atoms with Crippen molar-refractivity contribution >= 4 is 17.2 Å². The molecule has 1 aromatic heterocycles. The van der Waals surface area contributed by atoms with Crippen molar-refractivity contribution < 1.29 is 9.53 Å². The van der Waals surface area contributed by atoms with E-state index in [-0.39, 0.29) is 5.91 Å². The molecule has 1 amide bonds. The quantitative estimate of drug-likeness (QED) is 0.873. The first-order valence-corrected chi connectivity index (χ1v) is 8.22. The fourth-order valence-corrected chi connectivity index (χ4v) is 3.58. The van der Waals surface area contributed by atoms with Gasteiger partial charge < -0.3 is 9.64 Å². The van der Waals surface area contributed by atoms with Crippen LogP contribution in [0, 0.1) is 6.92 Å². The zero-order chi connectivity index (χ0) is 15.5. The number of aryl methyl sites for hydroxylation is 1. The minimum atomic E-state index is 0.0774. The molecule has 0 radical (unpaired) electrons. The standard InChI is InChI=1S/C16H19N3O2S/c1-11-17-18-15(22-11)13-4-3-9-19(10-13)16(20)12-5-7-14(21-2)8-6-12/h5-8,13H,3-4,9-10H2,1-2H3/t13-/m1/s1. The number of rotatable bonds is 3. The Labute approximate surface area is 133 Å². The molecule has 2 heterocycles. The van der Waals surface area contributed by atoms with E-state index in [9.17, 15) is 4.79 Å². The number of ether oxygens (including phenoxy) is 1. The van der Waals surface area contributed by atoms with E-state index in [1.54, 1.807) is 18.4 Å². The van der Waals surface area contributed by atoms with Gasteiger partial charge in [0.15, 0.2) is 0 Å². The fraction of sp³-hybridized carbons (Fsp3) is 0.438. The molecule has 1 atom stereocenters. The molecule has 22 heavy (non-hydrogen) atoms. The molecular formula is C16H19N3O2S. The van der Waals surface area contributed by atoms with Crippen LogP contribution in [0.3, 0.4) is 0 Å². The van der Waals surface area contributed by atoms with Crippen molar-refractivity contribution in [2.75, 3.05) is 20.2 Å². The third-order valence-corrected chi connectivity index (χ3v) is 4.94. The minimum absolute atomic E-state index is 0.0774. The van der Waals surface area contributed by atoms with E-state index in [0.29, 0.717) is 11.5 Å². The van der Waals surface area contributed by atoms with Gasteiger partial charge in [-0.25, -0.2) is 0 Å². The number of methoxy groups -OCH3 is 1. The molecular weight excluding hydrogens is 298 g/mol. The molecule has 0 bridgehead atoms. The Bertz CT molecular complexity index is 654. The summed E-state index contributed by atoms with van der Waals surface area (Å²) in [7, 11) is 1.62. The van der Waals surface area contributed by atoms with E-state index in [2.05, 4.69) is 10.2 Å². The fourth-order valence-electron chi connectivity index (χ4n) is 2.76. The van der Waals surface area contributed by atoms with Crippen molar-refractivity contribution in [3.05, 3.63) is 39.8 Å². The van der Waals surface area contributed by atoms with Crippen LogP contribution >= 0.6 is 11.3 Å². The first-order valence-electron chi connectivity index (χ1n) is 7.40. The highest BCUT2D eigenvalue weighted by molar-refractivity contribution is 7.11. The summed E-state index contributed by atoms with van der Waals surface area (Å²) in [5, 5.41) is 10.4. The number of carbonyl (C=O) groups excluding carboxylic acids is 1. The normalized spacial score (nSPS) is 18.3. The lowest BCUT2D eigenvalue weighted by molar-refractivity contribution is 0.0707. The summed E-state index contributed by atoms with van der Waals surface area (Å²) in [6.45, 7) is 3.49. The predicted molar refractivity (Wildman–Crippen MR) is 85.5 cm³/mol. The Balaban J connectivity index is 1.71. The van der Waals surface area contributed by atoms with Crippen molar-refractivity contribution in [2.24, 2.45) is 0 Å². The van der Waals surface area contributed by atoms with Gasteiger partial charge in [-0.05, 0) is 44.0 Å². The van der Waals surface area contributed by atoms with Gasteiger partial charge in [-0.15, -0.1) is 21.5 Å². The second-order valence-electron chi connectivity index (χ2n) is 5.48. The molecule has 1 saturated heterocycles. The van der Waals surface area contributed by atoms with Crippen LogP contribution in [0.15, 0.2) is 24.3 Å². The molecule has 0 saturated carbocycles. The van der Waals surface area contributed by atoms with Crippen molar-refractivity contribution in [2.45, 2.75) is 25.7 Å². The summed E-state index contributed by atoms with van der Waals surface area (Å²) in [6, 6.07) is 7.28. The minimum Gasteiger partial charge on any atom is -0.497 e. The largest absolute Gasteiger partial charge is 0.497 e. The van der Waals surface area contributed by atoms with Crippen LogP contribution in [0.4, 0.5) is 0 Å². The zero-order valence-corrected chi connectivity index (χ0v) is 13.6. The topological polar surface area (TPSA) is 55.3 Å². The second kappa shape index (κ2) is 6.44. The molecule has 116 valence electrons. The summed E-state index contributed by atoms with van der Waals surface area (Å²) >= 11 is 1.63. The van der Waals surface area contributed by atoms with Gasteiger partial charge in [0.2, 0.25) is 0 Å². The van der Waals surface area contributed by atoms with Crippen LogP contribution in [-0.2, 0) is 0 Å². The number of hydrogen-bond acceptors (Lipinski definition) is 5. The van der Waals surface area contributed by atoms with E-state index in [1.807, 2.05) is 36.1 Å². The molecule has 5 nitrogen and oxygen atoms in total. The van der Waals surface area contributed by atoms with Gasteiger partial charge in [0.1, 0.15) is 15.8 Å². The Hall–Kier alpha value is -1.95. The number of hydrogen-bond donors (Lipinski definition) is 0. The molecule has 0 aliphatic carbocycles. The second-order valence-corrected chi connectivity index (χ2v) is 6.69. The Kier molecular flexibility index (Phi) is 4.38. The molecule has 6 heteroatoms. The van der Waals surface area contributed by atoms with E-state index < -0.39 is 0 Å². The maximum absolute atomic E-state index is 12.6. The van der Waals surface area contributed by atoms with E-state index >= 15 is 0 Å². The maximum atomic E-state index is 12.6. The summed E-state index contributed by atoms with van der Waals surface area (Å²) in [4.78, 5) is 14.6. The molecule has 1 aromatic carbocycles. The predicted octanol–water partition coefficient (Wildman–Crippen LogP) is 2.87. The van der Waals surface area contributed by atoms with Crippen LogP contribution in [0.1, 0.15) is 39.1 Å². The van der Waals surface area contributed by atoms with Crippen LogP contribution < -0.4 is 4.74 Å². The Morgan fingerprint density at radius 1 is 1.32 bits per heavy atom. The number of nitrogens with zero attached hydrogens (tertiary/aromatic N) is 3. The first-order chi connectivity index (χ1) is 10.7. The number of likely N-dealkylation sites (tertiary alicyclic amines) is 1. The summed E-state index contributed by atoms with van der Waals surface area (Å²) < 4.78 is 5.13. The number of benzene rings is 1. The van der Waals surface area contributed by atoms with Crippen LogP contribution in [0.5, 0.6) is 5.75 Å². The van der Waals surface area contributed by atoms with E-state index in [4.69, 9.17) is 4.74 Å². The monoisotopic (exact) mass is 317 g/mol. The highest BCUT2D eigenvalue weighted by Gasteiger charge is 2.27. The van der Waals surface area contributed by atoms with E-state index in [0.717, 1.165) is 41.7 Å². The summed E-state index contributed by atoms with van der Waals surface area (Å²) in [5.74, 6) is 1.15. The molecule has 1 fully saturated rings. The summed E-state index contributed by atoms with van der Waals surface area (Å²) in [5.41, 5.74) is 0.704. The van der Waals surface area contributed by atoms with Gasteiger partial charge in [0.05, 0.1) is 7.11 Å². The third kappa shape index (κ3) is 3.11. The number of amides is 1.